The van der Waals surface area contributed by atoms with E-state index in [0.717, 1.165) is 26.1 Å². The Morgan fingerprint density at radius 1 is 1.30 bits per heavy atom. The molecule has 0 saturated carbocycles. The number of halogens is 3. The van der Waals surface area contributed by atoms with Crippen LogP contribution in [-0.4, -0.2) is 30.7 Å². The Balaban J connectivity index is 1.61. The summed E-state index contributed by atoms with van der Waals surface area (Å²) in [4.78, 5) is 2.14. The van der Waals surface area contributed by atoms with Crippen molar-refractivity contribution in [3.05, 3.63) is 29.3 Å². The van der Waals surface area contributed by atoms with Crippen molar-refractivity contribution in [1.29, 1.82) is 0 Å². The first kappa shape index (κ1) is 13.7. The normalized spacial score (nSPS) is 22.9. The standard InChI is InChI=1S/C15H19F3N2/c16-15(17,18)8-11-5-7-20(9-11)10-13-3-1-2-12-4-6-19-14(12)13/h1-3,11,19H,4-10H2. The monoisotopic (exact) mass is 284 g/mol. The van der Waals surface area contributed by atoms with Crippen molar-refractivity contribution in [3.63, 3.8) is 0 Å². The maximum Gasteiger partial charge on any atom is 0.389 e. The van der Waals surface area contributed by atoms with Gasteiger partial charge in [0.15, 0.2) is 0 Å². The fourth-order valence-electron chi connectivity index (χ4n) is 3.33. The lowest BCUT2D eigenvalue weighted by molar-refractivity contribution is -0.143. The van der Waals surface area contributed by atoms with E-state index < -0.39 is 12.6 Å². The van der Waals surface area contributed by atoms with Crippen molar-refractivity contribution in [2.45, 2.75) is 32.0 Å². The van der Waals surface area contributed by atoms with E-state index >= 15 is 0 Å². The lowest BCUT2D eigenvalue weighted by Crippen LogP contribution is -2.22. The van der Waals surface area contributed by atoms with Gasteiger partial charge in [-0.1, -0.05) is 18.2 Å². The molecule has 1 saturated heterocycles. The minimum Gasteiger partial charge on any atom is -0.384 e. The molecule has 0 bridgehead atoms. The van der Waals surface area contributed by atoms with Gasteiger partial charge in [0.05, 0.1) is 0 Å². The molecule has 1 atom stereocenters. The second kappa shape index (κ2) is 5.28. The van der Waals surface area contributed by atoms with E-state index in [2.05, 4.69) is 22.3 Å². The number of anilines is 1. The molecule has 1 fully saturated rings. The summed E-state index contributed by atoms with van der Waals surface area (Å²) in [5.74, 6) is -0.236. The van der Waals surface area contributed by atoms with Crippen molar-refractivity contribution in [2.24, 2.45) is 5.92 Å². The molecule has 1 aromatic carbocycles. The number of para-hydroxylation sites is 1. The van der Waals surface area contributed by atoms with Gasteiger partial charge in [0.25, 0.3) is 0 Å². The molecule has 2 heterocycles. The van der Waals surface area contributed by atoms with Crippen LogP contribution in [0.4, 0.5) is 18.9 Å². The van der Waals surface area contributed by atoms with Crippen LogP contribution in [0.3, 0.4) is 0 Å². The maximum absolute atomic E-state index is 12.4. The van der Waals surface area contributed by atoms with Crippen molar-refractivity contribution in [1.82, 2.24) is 4.90 Å². The van der Waals surface area contributed by atoms with Crippen LogP contribution in [0.2, 0.25) is 0 Å². The minimum absolute atomic E-state index is 0.236. The number of nitrogens with zero attached hydrogens (tertiary/aromatic N) is 1. The topological polar surface area (TPSA) is 15.3 Å². The minimum atomic E-state index is -4.03. The Hall–Kier alpha value is -1.23. The molecule has 1 N–H and O–H groups in total. The summed E-state index contributed by atoms with van der Waals surface area (Å²) in [6.07, 6.45) is -2.98. The van der Waals surface area contributed by atoms with Crippen molar-refractivity contribution in [2.75, 3.05) is 25.0 Å². The zero-order valence-corrected chi connectivity index (χ0v) is 11.3. The highest BCUT2D eigenvalue weighted by Crippen LogP contribution is 2.32. The third-order valence-corrected chi connectivity index (χ3v) is 4.22. The summed E-state index contributed by atoms with van der Waals surface area (Å²) in [6, 6.07) is 6.24. The number of alkyl halides is 3. The van der Waals surface area contributed by atoms with Gasteiger partial charge >= 0.3 is 6.18 Å². The Bertz CT molecular complexity index is 484. The number of benzene rings is 1. The molecule has 20 heavy (non-hydrogen) atoms. The second-order valence-corrected chi connectivity index (χ2v) is 5.84. The summed E-state index contributed by atoms with van der Waals surface area (Å²) in [7, 11) is 0. The van der Waals surface area contributed by atoms with Gasteiger partial charge in [-0.25, -0.2) is 0 Å². The molecule has 1 unspecified atom stereocenters. The van der Waals surface area contributed by atoms with E-state index in [1.807, 2.05) is 6.07 Å². The molecule has 0 radical (unpaired) electrons. The molecule has 110 valence electrons. The van der Waals surface area contributed by atoms with Gasteiger partial charge in [-0.3, -0.25) is 4.90 Å². The molecule has 1 aromatic rings. The molecule has 0 aromatic heterocycles. The van der Waals surface area contributed by atoms with Crippen LogP contribution in [0.25, 0.3) is 0 Å². The van der Waals surface area contributed by atoms with Crippen LogP contribution >= 0.6 is 0 Å². The van der Waals surface area contributed by atoms with E-state index in [1.54, 1.807) is 0 Å². The largest absolute Gasteiger partial charge is 0.389 e. The van der Waals surface area contributed by atoms with Crippen molar-refractivity contribution in [3.8, 4) is 0 Å². The number of likely N-dealkylation sites (tertiary alicyclic amines) is 1. The fraction of sp³-hybridized carbons (Fsp3) is 0.600. The number of hydrogen-bond donors (Lipinski definition) is 1. The van der Waals surface area contributed by atoms with Crippen LogP contribution < -0.4 is 5.32 Å². The molecule has 5 heteroatoms. The molecule has 3 rings (SSSR count). The van der Waals surface area contributed by atoms with Crippen LogP contribution in [0.5, 0.6) is 0 Å². The SMILES string of the molecule is FC(F)(F)CC1CCN(Cc2cccc3c2NCC3)C1. The lowest BCUT2D eigenvalue weighted by atomic mass is 10.0. The molecule has 2 nitrogen and oxygen atoms in total. The molecular weight excluding hydrogens is 265 g/mol. The van der Waals surface area contributed by atoms with Gasteiger partial charge in [-0.2, -0.15) is 13.2 Å². The van der Waals surface area contributed by atoms with Crippen LogP contribution in [-0.2, 0) is 13.0 Å². The Labute approximate surface area is 117 Å². The lowest BCUT2D eigenvalue weighted by Gasteiger charge is -2.18. The third-order valence-electron chi connectivity index (χ3n) is 4.22. The van der Waals surface area contributed by atoms with Crippen molar-refractivity contribution >= 4 is 5.69 Å². The average Bonchev–Trinajstić information content (AvgIpc) is 2.96. The highest BCUT2D eigenvalue weighted by atomic mass is 19.4. The zero-order chi connectivity index (χ0) is 14.2. The fourth-order valence-corrected chi connectivity index (χ4v) is 3.33. The molecule has 2 aliphatic rings. The van der Waals surface area contributed by atoms with E-state index in [9.17, 15) is 13.2 Å². The van der Waals surface area contributed by atoms with Gasteiger partial charge in [0.1, 0.15) is 0 Å². The Kier molecular flexibility index (Phi) is 3.63. The summed E-state index contributed by atoms with van der Waals surface area (Å²) in [6.45, 7) is 3.04. The maximum atomic E-state index is 12.4. The van der Waals surface area contributed by atoms with Crippen LogP contribution in [0, 0.1) is 5.92 Å². The number of rotatable bonds is 3. The van der Waals surface area contributed by atoms with Gasteiger partial charge in [0.2, 0.25) is 0 Å². The highest BCUT2D eigenvalue weighted by molar-refractivity contribution is 5.61. The van der Waals surface area contributed by atoms with Gasteiger partial charge < -0.3 is 5.32 Å². The van der Waals surface area contributed by atoms with Crippen molar-refractivity contribution < 1.29 is 13.2 Å². The predicted molar refractivity (Wildman–Crippen MR) is 72.7 cm³/mol. The van der Waals surface area contributed by atoms with Gasteiger partial charge in [0, 0.05) is 31.7 Å². The average molecular weight is 284 g/mol. The summed E-state index contributed by atoms with van der Waals surface area (Å²) >= 11 is 0. The zero-order valence-electron chi connectivity index (χ0n) is 11.3. The molecule has 2 aliphatic heterocycles. The Morgan fingerprint density at radius 3 is 2.95 bits per heavy atom. The quantitative estimate of drug-likeness (QED) is 0.915. The van der Waals surface area contributed by atoms with Gasteiger partial charge in [-0.15, -0.1) is 0 Å². The molecular formula is C15H19F3N2. The van der Waals surface area contributed by atoms with E-state index in [0.29, 0.717) is 13.0 Å². The highest BCUT2D eigenvalue weighted by Gasteiger charge is 2.35. The van der Waals surface area contributed by atoms with E-state index in [4.69, 9.17) is 0 Å². The number of hydrogen-bond acceptors (Lipinski definition) is 2. The van der Waals surface area contributed by atoms with E-state index in [1.165, 1.54) is 16.8 Å². The smallest absolute Gasteiger partial charge is 0.384 e. The third kappa shape index (κ3) is 3.08. The number of fused-ring (bicyclic) bond motifs is 1. The summed E-state index contributed by atoms with van der Waals surface area (Å²) < 4.78 is 37.2. The molecule has 0 spiro atoms. The number of nitrogens with one attached hydrogen (secondary N) is 1. The van der Waals surface area contributed by atoms with Crippen LogP contribution in [0.15, 0.2) is 18.2 Å². The molecule has 0 aliphatic carbocycles. The van der Waals surface area contributed by atoms with Gasteiger partial charge in [-0.05, 0) is 36.4 Å². The Morgan fingerprint density at radius 2 is 2.15 bits per heavy atom. The predicted octanol–water partition coefficient (Wildman–Crippen LogP) is 3.43. The van der Waals surface area contributed by atoms with Crippen LogP contribution in [0.1, 0.15) is 24.0 Å². The second-order valence-electron chi connectivity index (χ2n) is 5.84. The first-order chi connectivity index (χ1) is 9.51. The first-order valence-electron chi connectivity index (χ1n) is 7.15. The summed E-state index contributed by atoms with van der Waals surface area (Å²) in [5.41, 5.74) is 3.74. The molecule has 0 amide bonds. The van der Waals surface area contributed by atoms with E-state index in [-0.39, 0.29) is 5.92 Å². The summed E-state index contributed by atoms with van der Waals surface area (Å²) in [5, 5.41) is 3.39. The first-order valence-corrected chi connectivity index (χ1v) is 7.15.